The molecule has 2 unspecified atom stereocenters. The minimum Gasteiger partial charge on any atom is -0.458 e. The zero-order chi connectivity index (χ0) is 26.6. The molecule has 1 fully saturated rings. The van der Waals surface area contributed by atoms with Crippen molar-refractivity contribution in [1.82, 2.24) is 10.4 Å². The van der Waals surface area contributed by atoms with E-state index in [4.69, 9.17) is 4.74 Å². The molecule has 37 heavy (non-hydrogen) atoms. The molecule has 1 N–H and O–H groups in total. The molecular weight excluding hydrogens is 495 g/mol. The van der Waals surface area contributed by atoms with Gasteiger partial charge in [0.2, 0.25) is 5.91 Å². The molecule has 7 nitrogen and oxygen atoms in total. The van der Waals surface area contributed by atoms with Gasteiger partial charge in [-0.2, -0.15) is 0 Å². The van der Waals surface area contributed by atoms with Gasteiger partial charge in [0.15, 0.2) is 0 Å². The van der Waals surface area contributed by atoms with Crippen molar-refractivity contribution in [2.24, 2.45) is 0 Å². The van der Waals surface area contributed by atoms with Crippen molar-refractivity contribution >= 4 is 28.6 Å². The Bertz CT molecular complexity index is 1100. The molecule has 0 aromatic heterocycles. The molecule has 0 aliphatic carbocycles. The fourth-order valence-corrected chi connectivity index (χ4v) is 5.30. The van der Waals surface area contributed by atoms with Crippen LogP contribution in [0, 0.1) is 5.82 Å². The summed E-state index contributed by atoms with van der Waals surface area (Å²) in [6, 6.07) is 13.1. The van der Waals surface area contributed by atoms with Crippen molar-refractivity contribution in [3.05, 3.63) is 83.7 Å². The number of hydrogen-bond donors (Lipinski definition) is 1. The number of benzene rings is 2. The fraction of sp³-hybridized carbons (Fsp3) is 0.393. The van der Waals surface area contributed by atoms with E-state index in [0.717, 1.165) is 49.7 Å². The molecule has 0 radical (unpaired) electrons. The fourth-order valence-electron chi connectivity index (χ4n) is 3.91. The maximum atomic E-state index is 12.9. The zero-order valence-electron chi connectivity index (χ0n) is 20.8. The number of nitrogens with zero attached hydrogens (tertiary/aromatic N) is 1. The second-order valence-corrected chi connectivity index (χ2v) is 10.6. The van der Waals surface area contributed by atoms with E-state index in [2.05, 4.69) is 12.0 Å². The Morgan fingerprint density at radius 3 is 2.35 bits per heavy atom. The van der Waals surface area contributed by atoms with Gasteiger partial charge >= 0.3 is 5.97 Å². The molecular formula is C28H33FN2O5S. The maximum Gasteiger partial charge on any atom is 0.338 e. The average molecular weight is 529 g/mol. The first-order valence-corrected chi connectivity index (χ1v) is 13.8. The van der Waals surface area contributed by atoms with Crippen LogP contribution in [-0.4, -0.2) is 45.4 Å². The normalized spacial score (nSPS) is 15.5. The molecule has 1 aliphatic rings. The molecule has 0 saturated carbocycles. The van der Waals surface area contributed by atoms with Crippen molar-refractivity contribution in [2.75, 3.05) is 13.2 Å². The largest absolute Gasteiger partial charge is 0.458 e. The van der Waals surface area contributed by atoms with Crippen LogP contribution in [0.5, 0.6) is 0 Å². The standard InChI is InChI=1S/C28H33FN2O5S/c1-2-18-36-28(34)23-14-10-22(11-15-23)20-37(35)25-19-31(27(25)33)30-26(32)9-7-5-3-4-6-8-21-12-16-24(29)17-13-21/h2,10-17,25H,1,3-9,18-20H2,(H,30,32). The van der Waals surface area contributed by atoms with E-state index >= 15 is 0 Å². The van der Waals surface area contributed by atoms with Crippen molar-refractivity contribution in [1.29, 1.82) is 0 Å². The van der Waals surface area contributed by atoms with E-state index in [1.165, 1.54) is 23.2 Å². The lowest BCUT2D eigenvalue weighted by Gasteiger charge is -2.37. The quantitative estimate of drug-likeness (QED) is 0.162. The number of aryl methyl sites for hydroxylation is 1. The molecule has 1 aliphatic heterocycles. The molecule has 2 amide bonds. The van der Waals surface area contributed by atoms with Crippen molar-refractivity contribution < 1.29 is 27.7 Å². The van der Waals surface area contributed by atoms with E-state index in [0.29, 0.717) is 12.0 Å². The highest BCUT2D eigenvalue weighted by molar-refractivity contribution is 7.85. The van der Waals surface area contributed by atoms with Gasteiger partial charge in [-0.3, -0.25) is 24.2 Å². The molecule has 2 atom stereocenters. The molecule has 2 aromatic rings. The van der Waals surface area contributed by atoms with Crippen molar-refractivity contribution in [3.63, 3.8) is 0 Å². The van der Waals surface area contributed by atoms with E-state index < -0.39 is 22.0 Å². The van der Waals surface area contributed by atoms with Gasteiger partial charge in [-0.05, 0) is 54.7 Å². The van der Waals surface area contributed by atoms with Gasteiger partial charge < -0.3 is 4.74 Å². The molecule has 1 saturated heterocycles. The lowest BCUT2D eigenvalue weighted by Crippen LogP contribution is -2.64. The summed E-state index contributed by atoms with van der Waals surface area (Å²) >= 11 is 0. The number of β-lactam (4-membered cyclic amide) rings is 1. The first-order valence-electron chi connectivity index (χ1n) is 12.5. The van der Waals surface area contributed by atoms with Crippen LogP contribution in [0.2, 0.25) is 0 Å². The number of hydrogen-bond acceptors (Lipinski definition) is 5. The van der Waals surface area contributed by atoms with E-state index in [1.54, 1.807) is 36.4 Å². The van der Waals surface area contributed by atoms with Gasteiger partial charge in [0.05, 0.1) is 12.1 Å². The number of carbonyl (C=O) groups is 3. The first-order chi connectivity index (χ1) is 17.9. The minimum atomic E-state index is -1.43. The molecule has 0 spiro atoms. The topological polar surface area (TPSA) is 92.8 Å². The van der Waals surface area contributed by atoms with Gasteiger partial charge in [-0.15, -0.1) is 0 Å². The smallest absolute Gasteiger partial charge is 0.338 e. The number of carbonyl (C=O) groups excluding carboxylic acids is 3. The van der Waals surface area contributed by atoms with Crippen LogP contribution >= 0.6 is 0 Å². The summed E-state index contributed by atoms with van der Waals surface area (Å²) in [6.07, 6.45) is 7.45. The van der Waals surface area contributed by atoms with Gasteiger partial charge in [-0.1, -0.05) is 56.2 Å². The zero-order valence-corrected chi connectivity index (χ0v) is 21.6. The SMILES string of the molecule is C=CCOC(=O)c1ccc(CS(=O)C2CN(NC(=O)CCCCCCCc3ccc(F)cc3)C2=O)cc1. The number of amides is 2. The molecule has 0 bridgehead atoms. The highest BCUT2D eigenvalue weighted by Gasteiger charge is 2.42. The number of halogens is 1. The summed E-state index contributed by atoms with van der Waals surface area (Å²) in [6.45, 7) is 3.83. The highest BCUT2D eigenvalue weighted by atomic mass is 32.2. The van der Waals surface area contributed by atoms with Crippen LogP contribution in [0.15, 0.2) is 61.2 Å². The molecule has 3 rings (SSSR count). The Labute approximate surface area is 219 Å². The summed E-state index contributed by atoms with van der Waals surface area (Å²) in [5.41, 5.74) is 4.85. The van der Waals surface area contributed by atoms with Crippen LogP contribution in [0.4, 0.5) is 4.39 Å². The monoisotopic (exact) mass is 528 g/mol. The third-order valence-corrected chi connectivity index (χ3v) is 7.68. The molecule has 1 heterocycles. The van der Waals surface area contributed by atoms with Gasteiger partial charge in [0.25, 0.3) is 5.91 Å². The van der Waals surface area contributed by atoms with Crippen LogP contribution in [0.3, 0.4) is 0 Å². The van der Waals surface area contributed by atoms with Crippen LogP contribution < -0.4 is 5.43 Å². The second kappa shape index (κ2) is 14.4. The lowest BCUT2D eigenvalue weighted by atomic mass is 10.0. The predicted octanol–water partition coefficient (Wildman–Crippen LogP) is 4.24. The van der Waals surface area contributed by atoms with E-state index in [-0.39, 0.29) is 36.5 Å². The van der Waals surface area contributed by atoms with E-state index in [9.17, 15) is 23.0 Å². The Hall–Kier alpha value is -3.33. The summed E-state index contributed by atoms with van der Waals surface area (Å²) in [4.78, 5) is 36.4. The molecule has 2 aromatic carbocycles. The predicted molar refractivity (Wildman–Crippen MR) is 140 cm³/mol. The number of esters is 1. The molecule has 9 heteroatoms. The summed E-state index contributed by atoms with van der Waals surface area (Å²) in [7, 11) is -1.43. The Balaban J connectivity index is 1.27. The number of ether oxygens (including phenoxy) is 1. The van der Waals surface area contributed by atoms with Gasteiger partial charge in [0.1, 0.15) is 17.7 Å². The number of nitrogens with one attached hydrogen (secondary N) is 1. The van der Waals surface area contributed by atoms with Gasteiger partial charge in [-0.25, -0.2) is 9.18 Å². The summed E-state index contributed by atoms with van der Waals surface area (Å²) < 4.78 is 30.5. The third kappa shape index (κ3) is 8.93. The number of rotatable bonds is 15. The first kappa shape index (κ1) is 28.2. The Kier molecular flexibility index (Phi) is 11.0. The molecule has 198 valence electrons. The minimum absolute atomic E-state index is 0.126. The maximum absolute atomic E-state index is 12.9. The third-order valence-electron chi connectivity index (χ3n) is 6.08. The van der Waals surface area contributed by atoms with Crippen molar-refractivity contribution in [2.45, 2.75) is 55.9 Å². The lowest BCUT2D eigenvalue weighted by molar-refractivity contribution is -0.149. The number of hydrazine groups is 1. The summed E-state index contributed by atoms with van der Waals surface area (Å²) in [5, 5.41) is 0.574. The van der Waals surface area contributed by atoms with E-state index in [1.807, 2.05) is 0 Å². The van der Waals surface area contributed by atoms with Crippen molar-refractivity contribution in [3.8, 4) is 0 Å². The van der Waals surface area contributed by atoms with Crippen LogP contribution in [0.1, 0.15) is 60.0 Å². The van der Waals surface area contributed by atoms with Gasteiger partial charge in [0, 0.05) is 23.0 Å². The Morgan fingerprint density at radius 1 is 1.03 bits per heavy atom. The second-order valence-electron chi connectivity index (χ2n) is 8.98. The highest BCUT2D eigenvalue weighted by Crippen LogP contribution is 2.18. The van der Waals surface area contributed by atoms with Crippen LogP contribution in [0.25, 0.3) is 0 Å². The Morgan fingerprint density at radius 2 is 1.68 bits per heavy atom. The number of unbranched alkanes of at least 4 members (excludes halogenated alkanes) is 4. The average Bonchev–Trinajstić information content (AvgIpc) is 2.90. The van der Waals surface area contributed by atoms with Crippen LogP contribution in [-0.2, 0) is 37.3 Å². The summed E-state index contributed by atoms with van der Waals surface area (Å²) in [5.74, 6) is -1.07.